The lowest BCUT2D eigenvalue weighted by Gasteiger charge is -2.29. The molecular weight excluding hydrogens is 392 g/mol. The number of morpholine rings is 1. The maximum absolute atomic E-state index is 13.2. The molecule has 2 saturated heterocycles. The predicted molar refractivity (Wildman–Crippen MR) is 120 cm³/mol. The van der Waals surface area contributed by atoms with Crippen LogP contribution in [0.5, 0.6) is 5.75 Å². The first-order valence-corrected chi connectivity index (χ1v) is 11.1. The lowest BCUT2D eigenvalue weighted by molar-refractivity contribution is -0.141. The van der Waals surface area contributed by atoms with Gasteiger partial charge in [-0.15, -0.1) is 0 Å². The summed E-state index contributed by atoms with van der Waals surface area (Å²) in [5.41, 5.74) is 2.43. The van der Waals surface area contributed by atoms with Crippen molar-refractivity contribution in [2.75, 3.05) is 53.1 Å². The van der Waals surface area contributed by atoms with Crippen LogP contribution in [0.15, 0.2) is 48.5 Å². The van der Waals surface area contributed by atoms with Gasteiger partial charge in [-0.3, -0.25) is 9.69 Å². The Bertz CT molecular complexity index is 873. The van der Waals surface area contributed by atoms with Crippen LogP contribution < -0.4 is 10.1 Å². The van der Waals surface area contributed by atoms with Crippen LogP contribution in [-0.4, -0.2) is 69.5 Å². The molecule has 4 rings (SSSR count). The number of rotatable bonds is 8. The number of benzene rings is 2. The summed E-state index contributed by atoms with van der Waals surface area (Å²) in [7, 11) is 1.69. The molecule has 2 fully saturated rings. The van der Waals surface area contributed by atoms with Gasteiger partial charge in [0.15, 0.2) is 5.60 Å². The van der Waals surface area contributed by atoms with Crippen LogP contribution in [-0.2, 0) is 20.7 Å². The minimum Gasteiger partial charge on any atom is -0.496 e. The number of para-hydroxylation sites is 1. The minimum atomic E-state index is -0.787. The molecule has 1 unspecified atom stereocenters. The summed E-state index contributed by atoms with van der Waals surface area (Å²) < 4.78 is 17.0. The van der Waals surface area contributed by atoms with Crippen LogP contribution >= 0.6 is 0 Å². The number of nitrogens with one attached hydrogen (secondary N) is 1. The van der Waals surface area contributed by atoms with E-state index in [1.165, 1.54) is 0 Å². The highest BCUT2D eigenvalue weighted by Crippen LogP contribution is 2.33. The van der Waals surface area contributed by atoms with E-state index in [4.69, 9.17) is 14.2 Å². The van der Waals surface area contributed by atoms with Gasteiger partial charge in [0.05, 0.1) is 20.3 Å². The summed E-state index contributed by atoms with van der Waals surface area (Å²) >= 11 is 0. The zero-order valence-electron chi connectivity index (χ0n) is 18.3. The molecule has 6 heteroatoms. The average molecular weight is 425 g/mol. The van der Waals surface area contributed by atoms with Crippen molar-refractivity contribution in [1.29, 1.82) is 0 Å². The fraction of sp³-hybridized carbons (Fsp3) is 0.480. The Morgan fingerprint density at radius 1 is 1.13 bits per heavy atom. The fourth-order valence-corrected chi connectivity index (χ4v) is 4.47. The molecule has 0 bridgehead atoms. The third kappa shape index (κ3) is 5.26. The molecule has 0 spiro atoms. The smallest absolute Gasteiger partial charge is 0.252 e. The molecule has 6 nitrogen and oxygen atoms in total. The highest BCUT2D eigenvalue weighted by molar-refractivity contribution is 5.86. The van der Waals surface area contributed by atoms with Gasteiger partial charge in [0.2, 0.25) is 0 Å². The van der Waals surface area contributed by atoms with Gasteiger partial charge in [-0.25, -0.2) is 0 Å². The standard InChI is InChI=1S/C25H32N2O4/c1-29-23-9-3-2-8-22(23)21-7-4-6-20(18-21)19-25(10-5-15-31-25)24(28)26-11-12-27-13-16-30-17-14-27/h2-4,6-9,18H,5,10-17,19H2,1H3,(H,26,28). The molecule has 31 heavy (non-hydrogen) atoms. The number of hydrogen-bond donors (Lipinski definition) is 1. The molecule has 0 aliphatic carbocycles. The van der Waals surface area contributed by atoms with Gasteiger partial charge < -0.3 is 19.5 Å². The molecule has 2 aromatic rings. The zero-order valence-corrected chi connectivity index (χ0v) is 18.3. The summed E-state index contributed by atoms with van der Waals surface area (Å²) in [5, 5.41) is 3.13. The second kappa shape index (κ2) is 10.3. The first-order chi connectivity index (χ1) is 15.2. The van der Waals surface area contributed by atoms with E-state index >= 15 is 0 Å². The van der Waals surface area contributed by atoms with Crippen molar-refractivity contribution >= 4 is 5.91 Å². The van der Waals surface area contributed by atoms with Crippen LogP contribution in [0.4, 0.5) is 0 Å². The number of amides is 1. The van der Waals surface area contributed by atoms with E-state index in [0.717, 1.165) is 68.1 Å². The molecule has 2 aromatic carbocycles. The third-order valence-electron chi connectivity index (χ3n) is 6.17. The van der Waals surface area contributed by atoms with Crippen LogP contribution in [0.3, 0.4) is 0 Å². The summed E-state index contributed by atoms with van der Waals surface area (Å²) in [6, 6.07) is 16.3. The Labute approximate surface area is 184 Å². The summed E-state index contributed by atoms with van der Waals surface area (Å²) in [6.45, 7) is 5.48. The Morgan fingerprint density at radius 2 is 1.97 bits per heavy atom. The first kappa shape index (κ1) is 21.8. The molecule has 1 amide bonds. The Morgan fingerprint density at radius 3 is 2.74 bits per heavy atom. The van der Waals surface area contributed by atoms with E-state index in [-0.39, 0.29) is 5.91 Å². The van der Waals surface area contributed by atoms with Gasteiger partial charge >= 0.3 is 0 Å². The lowest BCUT2D eigenvalue weighted by Crippen LogP contribution is -2.50. The second-order valence-corrected chi connectivity index (χ2v) is 8.23. The second-order valence-electron chi connectivity index (χ2n) is 8.23. The quantitative estimate of drug-likeness (QED) is 0.706. The van der Waals surface area contributed by atoms with Crippen LogP contribution in [0, 0.1) is 0 Å². The minimum absolute atomic E-state index is 0.000883. The molecular formula is C25H32N2O4. The molecule has 0 aromatic heterocycles. The maximum atomic E-state index is 13.2. The number of carbonyl (C=O) groups excluding carboxylic acids is 1. The number of nitrogens with zero attached hydrogens (tertiary/aromatic N) is 1. The molecule has 2 aliphatic heterocycles. The lowest BCUT2D eigenvalue weighted by atomic mass is 9.89. The van der Waals surface area contributed by atoms with E-state index in [9.17, 15) is 4.79 Å². The van der Waals surface area contributed by atoms with Gasteiger partial charge in [-0.05, 0) is 30.0 Å². The van der Waals surface area contributed by atoms with Crippen molar-refractivity contribution < 1.29 is 19.0 Å². The van der Waals surface area contributed by atoms with Crippen molar-refractivity contribution in [1.82, 2.24) is 10.2 Å². The van der Waals surface area contributed by atoms with Crippen LogP contribution in [0.2, 0.25) is 0 Å². The molecule has 1 atom stereocenters. The summed E-state index contributed by atoms with van der Waals surface area (Å²) in [6.07, 6.45) is 2.22. The number of methoxy groups -OCH3 is 1. The van der Waals surface area contributed by atoms with Crippen LogP contribution in [0.25, 0.3) is 11.1 Å². The highest BCUT2D eigenvalue weighted by atomic mass is 16.5. The Hall–Kier alpha value is -2.41. The van der Waals surface area contributed by atoms with Crippen molar-refractivity contribution in [2.24, 2.45) is 0 Å². The largest absolute Gasteiger partial charge is 0.496 e. The van der Waals surface area contributed by atoms with Gasteiger partial charge in [0.1, 0.15) is 5.75 Å². The molecule has 166 valence electrons. The molecule has 0 radical (unpaired) electrons. The highest BCUT2D eigenvalue weighted by Gasteiger charge is 2.42. The van der Waals surface area contributed by atoms with Gasteiger partial charge in [0.25, 0.3) is 5.91 Å². The number of ether oxygens (including phenoxy) is 3. The van der Waals surface area contributed by atoms with Crippen LogP contribution in [0.1, 0.15) is 18.4 Å². The molecule has 0 saturated carbocycles. The van der Waals surface area contributed by atoms with Crippen molar-refractivity contribution in [3.63, 3.8) is 0 Å². The Kier molecular flexibility index (Phi) is 7.22. The van der Waals surface area contributed by atoms with E-state index in [0.29, 0.717) is 19.6 Å². The van der Waals surface area contributed by atoms with Crippen molar-refractivity contribution in [3.05, 3.63) is 54.1 Å². The van der Waals surface area contributed by atoms with E-state index < -0.39 is 5.60 Å². The topological polar surface area (TPSA) is 60.0 Å². The average Bonchev–Trinajstić information content (AvgIpc) is 3.29. The SMILES string of the molecule is COc1ccccc1-c1cccc(CC2(C(=O)NCCN3CCOCC3)CCCO2)c1. The number of carbonyl (C=O) groups is 1. The first-order valence-electron chi connectivity index (χ1n) is 11.1. The maximum Gasteiger partial charge on any atom is 0.252 e. The zero-order chi connectivity index (χ0) is 21.5. The summed E-state index contributed by atoms with van der Waals surface area (Å²) in [4.78, 5) is 15.5. The third-order valence-corrected chi connectivity index (χ3v) is 6.17. The normalized spacial score (nSPS) is 21.7. The fourth-order valence-electron chi connectivity index (χ4n) is 4.47. The van der Waals surface area contributed by atoms with E-state index in [1.807, 2.05) is 24.3 Å². The summed E-state index contributed by atoms with van der Waals surface area (Å²) in [5.74, 6) is 0.841. The molecule has 1 N–H and O–H groups in total. The predicted octanol–water partition coefficient (Wildman–Crippen LogP) is 2.90. The van der Waals surface area contributed by atoms with Crippen molar-refractivity contribution in [2.45, 2.75) is 24.9 Å². The number of hydrogen-bond acceptors (Lipinski definition) is 5. The molecule has 2 heterocycles. The monoisotopic (exact) mass is 424 g/mol. The van der Waals surface area contributed by atoms with Gasteiger partial charge in [-0.1, -0.05) is 42.5 Å². The van der Waals surface area contributed by atoms with Gasteiger partial charge in [-0.2, -0.15) is 0 Å². The Balaban J connectivity index is 1.44. The molecule has 2 aliphatic rings. The van der Waals surface area contributed by atoms with Crippen molar-refractivity contribution in [3.8, 4) is 16.9 Å². The van der Waals surface area contributed by atoms with Gasteiger partial charge in [0, 0.05) is 44.8 Å². The van der Waals surface area contributed by atoms with E-state index in [2.05, 4.69) is 34.5 Å². The van der Waals surface area contributed by atoms with E-state index in [1.54, 1.807) is 7.11 Å².